The molecule has 0 fully saturated rings. The smallest absolute Gasteiger partial charge is 0.328 e. The molecule has 2 atom stereocenters. The molecular weight excluding hydrogens is 507 g/mol. The minimum Gasteiger partial charge on any atom is -0.467 e. The molecule has 2 aromatic carbocycles. The number of carbonyl (C=O) groups is 3. The molecule has 34 heavy (non-hydrogen) atoms. The number of nitrogens with zero attached hydrogens (tertiary/aromatic N) is 2. The number of hydrogen-bond donors (Lipinski definition) is 2. The van der Waals surface area contributed by atoms with Crippen LogP contribution in [-0.2, 0) is 32.1 Å². The summed E-state index contributed by atoms with van der Waals surface area (Å²) in [7, 11) is 1.19. The summed E-state index contributed by atoms with van der Waals surface area (Å²) in [6, 6.07) is 14.7. The maximum atomic E-state index is 14.2. The molecule has 10 heteroatoms. The minimum absolute atomic E-state index is 0.0852. The van der Waals surface area contributed by atoms with Gasteiger partial charge < -0.3 is 15.4 Å². The van der Waals surface area contributed by atoms with Crippen LogP contribution < -0.4 is 10.6 Å². The highest BCUT2D eigenvalue weighted by Gasteiger charge is 2.31. The second kappa shape index (κ2) is 10.2. The fraction of sp³-hybridized carbons (Fsp3) is 0.250. The first kappa shape index (κ1) is 23.6. The lowest BCUT2D eigenvalue weighted by molar-refractivity contribution is -0.145. The molecule has 4 rings (SSSR count). The van der Waals surface area contributed by atoms with Gasteiger partial charge in [-0.15, -0.1) is 0 Å². The van der Waals surface area contributed by atoms with Gasteiger partial charge in [0.25, 0.3) is 0 Å². The van der Waals surface area contributed by atoms with Crippen LogP contribution in [0.2, 0.25) is 0 Å². The number of rotatable bonds is 7. The van der Waals surface area contributed by atoms with E-state index in [9.17, 15) is 18.8 Å². The maximum absolute atomic E-state index is 14.2. The lowest BCUT2D eigenvalue weighted by Gasteiger charge is -2.24. The number of halogens is 2. The number of benzene rings is 2. The van der Waals surface area contributed by atoms with Gasteiger partial charge in [-0.3, -0.25) is 9.59 Å². The summed E-state index contributed by atoms with van der Waals surface area (Å²) in [4.78, 5) is 37.6. The summed E-state index contributed by atoms with van der Waals surface area (Å²) in [5.41, 5.74) is 1.88. The van der Waals surface area contributed by atoms with Crippen molar-refractivity contribution in [1.29, 1.82) is 0 Å². The van der Waals surface area contributed by atoms with Crippen LogP contribution in [0.3, 0.4) is 0 Å². The van der Waals surface area contributed by atoms with Gasteiger partial charge in [-0.1, -0.05) is 52.3 Å². The molecule has 0 radical (unpaired) electrons. The van der Waals surface area contributed by atoms with E-state index in [1.54, 1.807) is 16.8 Å². The number of nitrogens with one attached hydrogen (secondary N) is 2. The first-order valence-corrected chi connectivity index (χ1v) is 11.4. The van der Waals surface area contributed by atoms with Crippen LogP contribution in [0.5, 0.6) is 0 Å². The van der Waals surface area contributed by atoms with Crippen molar-refractivity contribution in [2.45, 2.75) is 25.4 Å². The van der Waals surface area contributed by atoms with Crippen LogP contribution in [0.15, 0.2) is 59.1 Å². The van der Waals surface area contributed by atoms with Gasteiger partial charge in [0.1, 0.15) is 17.7 Å². The predicted octanol–water partition coefficient (Wildman–Crippen LogP) is 3.31. The van der Waals surface area contributed by atoms with Crippen LogP contribution in [0.25, 0.3) is 11.3 Å². The third kappa shape index (κ3) is 5.33. The van der Waals surface area contributed by atoms with Gasteiger partial charge in [-0.2, -0.15) is 5.10 Å². The Morgan fingerprint density at radius 1 is 1.26 bits per heavy atom. The fourth-order valence-corrected chi connectivity index (χ4v) is 4.14. The summed E-state index contributed by atoms with van der Waals surface area (Å²) >= 11 is 3.19. The zero-order valence-corrected chi connectivity index (χ0v) is 19.8. The number of methoxy groups -OCH3 is 1. The molecule has 0 spiro atoms. The fourth-order valence-electron chi connectivity index (χ4n) is 3.80. The van der Waals surface area contributed by atoms with Crippen molar-refractivity contribution < 1.29 is 23.5 Å². The lowest BCUT2D eigenvalue weighted by atomic mass is 10.0. The van der Waals surface area contributed by atoms with Gasteiger partial charge in [0.15, 0.2) is 0 Å². The molecule has 3 aromatic rings. The standard InChI is InChI=1S/C24H22BrFN4O4/c1-34-24(33)20(9-15-7-8-17(25)11-18(15)26)27-22(31)10-16-13-30-21(28-23(16)32)12-19(29-30)14-5-3-2-4-6-14/h2-8,11-12,16,20H,9-10,13H2,1H3,(H,27,31)(H,28,32)/t16?,20-/m1/s1. The zero-order chi connectivity index (χ0) is 24.2. The average molecular weight is 529 g/mol. The normalized spacial score (nSPS) is 15.7. The molecule has 2 heterocycles. The van der Waals surface area contributed by atoms with Gasteiger partial charge in [0, 0.05) is 28.9 Å². The Hall–Kier alpha value is -3.53. The topological polar surface area (TPSA) is 102 Å². The van der Waals surface area contributed by atoms with Crippen LogP contribution >= 0.6 is 15.9 Å². The number of aromatic nitrogens is 2. The van der Waals surface area contributed by atoms with Crippen LogP contribution in [0.1, 0.15) is 12.0 Å². The minimum atomic E-state index is -1.09. The lowest BCUT2D eigenvalue weighted by Crippen LogP contribution is -2.45. The molecule has 2 amide bonds. The second-order valence-corrected chi connectivity index (χ2v) is 8.85. The van der Waals surface area contributed by atoms with Gasteiger partial charge in [-0.25, -0.2) is 13.9 Å². The zero-order valence-electron chi connectivity index (χ0n) is 18.3. The highest BCUT2D eigenvalue weighted by molar-refractivity contribution is 9.10. The number of amides is 2. The van der Waals surface area contributed by atoms with Crippen molar-refractivity contribution in [2.24, 2.45) is 5.92 Å². The highest BCUT2D eigenvalue weighted by Crippen LogP contribution is 2.27. The molecule has 0 bridgehead atoms. The van der Waals surface area contributed by atoms with E-state index < -0.39 is 29.7 Å². The first-order chi connectivity index (χ1) is 16.3. The summed E-state index contributed by atoms with van der Waals surface area (Å²) < 4.78 is 21.2. The van der Waals surface area contributed by atoms with Gasteiger partial charge in [-0.05, 0) is 17.7 Å². The van der Waals surface area contributed by atoms with E-state index in [1.807, 2.05) is 30.3 Å². The number of anilines is 1. The molecule has 1 aliphatic heterocycles. The van der Waals surface area contributed by atoms with E-state index in [0.717, 1.165) is 5.56 Å². The Kier molecular flexibility index (Phi) is 7.06. The van der Waals surface area contributed by atoms with Crippen molar-refractivity contribution in [3.05, 3.63) is 70.5 Å². The largest absolute Gasteiger partial charge is 0.467 e. The Bertz CT molecular complexity index is 1230. The number of carbonyl (C=O) groups excluding carboxylic acids is 3. The van der Waals surface area contributed by atoms with Crippen LogP contribution in [-0.4, -0.2) is 40.7 Å². The summed E-state index contributed by atoms with van der Waals surface area (Å²) in [6.07, 6.45) is -0.250. The van der Waals surface area contributed by atoms with E-state index in [2.05, 4.69) is 31.7 Å². The second-order valence-electron chi connectivity index (χ2n) is 7.94. The quantitative estimate of drug-likeness (QED) is 0.458. The maximum Gasteiger partial charge on any atom is 0.328 e. The molecule has 176 valence electrons. The number of fused-ring (bicyclic) bond motifs is 1. The third-order valence-corrected chi connectivity index (χ3v) is 6.05. The Morgan fingerprint density at radius 3 is 2.74 bits per heavy atom. The van der Waals surface area contributed by atoms with Crippen LogP contribution in [0.4, 0.5) is 10.2 Å². The van der Waals surface area contributed by atoms with Crippen molar-refractivity contribution in [1.82, 2.24) is 15.1 Å². The molecule has 2 N–H and O–H groups in total. The monoisotopic (exact) mass is 528 g/mol. The molecule has 1 unspecified atom stereocenters. The number of hydrogen-bond acceptors (Lipinski definition) is 5. The van der Waals surface area contributed by atoms with E-state index in [1.165, 1.54) is 19.2 Å². The Balaban J connectivity index is 1.43. The van der Waals surface area contributed by atoms with E-state index in [0.29, 0.717) is 16.0 Å². The van der Waals surface area contributed by atoms with Crippen molar-refractivity contribution in [2.75, 3.05) is 12.4 Å². The van der Waals surface area contributed by atoms with Crippen LogP contribution in [0, 0.1) is 11.7 Å². The number of esters is 1. The van der Waals surface area contributed by atoms with Crippen molar-refractivity contribution >= 4 is 39.5 Å². The molecular formula is C24H22BrFN4O4. The Morgan fingerprint density at radius 2 is 2.03 bits per heavy atom. The highest BCUT2D eigenvalue weighted by atomic mass is 79.9. The van der Waals surface area contributed by atoms with E-state index in [4.69, 9.17) is 4.74 Å². The van der Waals surface area contributed by atoms with Gasteiger partial charge in [0.2, 0.25) is 11.8 Å². The summed E-state index contributed by atoms with van der Waals surface area (Å²) in [6.45, 7) is 0.214. The SMILES string of the molecule is COC(=O)[C@@H](Cc1ccc(Br)cc1F)NC(=O)CC1Cn2nc(-c3ccccc3)cc2NC1=O. The molecule has 1 aromatic heterocycles. The van der Waals surface area contributed by atoms with E-state index >= 15 is 0 Å². The summed E-state index contributed by atoms with van der Waals surface area (Å²) in [5, 5.41) is 9.90. The predicted molar refractivity (Wildman–Crippen MR) is 126 cm³/mol. The molecule has 0 aliphatic carbocycles. The average Bonchev–Trinajstić information content (AvgIpc) is 3.23. The van der Waals surface area contributed by atoms with Crippen molar-refractivity contribution in [3.8, 4) is 11.3 Å². The van der Waals surface area contributed by atoms with Crippen molar-refractivity contribution in [3.63, 3.8) is 0 Å². The first-order valence-electron chi connectivity index (χ1n) is 10.6. The van der Waals surface area contributed by atoms with E-state index in [-0.39, 0.29) is 30.9 Å². The number of ether oxygens (including phenoxy) is 1. The third-order valence-electron chi connectivity index (χ3n) is 5.56. The molecule has 1 aliphatic rings. The summed E-state index contributed by atoms with van der Waals surface area (Å²) in [5.74, 6) is -2.17. The van der Waals surface area contributed by atoms with Gasteiger partial charge >= 0.3 is 5.97 Å². The van der Waals surface area contributed by atoms with Gasteiger partial charge in [0.05, 0.1) is 25.3 Å². The Labute approximate surface area is 203 Å². The molecule has 8 nitrogen and oxygen atoms in total. The molecule has 0 saturated heterocycles. The molecule has 0 saturated carbocycles.